The number of carbonyl (C=O) groups is 1. The van der Waals surface area contributed by atoms with Crippen molar-refractivity contribution >= 4 is 5.91 Å². The van der Waals surface area contributed by atoms with E-state index < -0.39 is 0 Å². The summed E-state index contributed by atoms with van der Waals surface area (Å²) in [5.41, 5.74) is 3.14. The SMILES string of the molecule is Cc1ccccc1-c1noc(CC(=O)NCCCc2cccnc2)n1. The zero-order valence-electron chi connectivity index (χ0n) is 14.1. The van der Waals surface area contributed by atoms with Gasteiger partial charge in [0, 0.05) is 24.5 Å². The van der Waals surface area contributed by atoms with E-state index in [1.165, 1.54) is 0 Å². The molecule has 0 spiro atoms. The summed E-state index contributed by atoms with van der Waals surface area (Å²) in [6, 6.07) is 11.7. The molecule has 0 saturated carbocycles. The van der Waals surface area contributed by atoms with Gasteiger partial charge in [0.2, 0.25) is 17.6 Å². The number of rotatable bonds is 7. The van der Waals surface area contributed by atoms with Crippen LogP contribution in [0.2, 0.25) is 0 Å². The molecule has 0 unspecified atom stereocenters. The minimum absolute atomic E-state index is 0.0891. The van der Waals surface area contributed by atoms with Gasteiger partial charge in [-0.15, -0.1) is 0 Å². The van der Waals surface area contributed by atoms with Crippen LogP contribution in [0.4, 0.5) is 0 Å². The van der Waals surface area contributed by atoms with Crippen LogP contribution in [-0.4, -0.2) is 27.6 Å². The molecule has 3 rings (SSSR count). The summed E-state index contributed by atoms with van der Waals surface area (Å²) in [4.78, 5) is 20.4. The van der Waals surface area contributed by atoms with Crippen LogP contribution in [0.25, 0.3) is 11.4 Å². The van der Waals surface area contributed by atoms with E-state index in [-0.39, 0.29) is 12.3 Å². The highest BCUT2D eigenvalue weighted by molar-refractivity contribution is 5.77. The van der Waals surface area contributed by atoms with Crippen molar-refractivity contribution in [2.24, 2.45) is 0 Å². The van der Waals surface area contributed by atoms with E-state index in [1.54, 1.807) is 6.20 Å². The van der Waals surface area contributed by atoms with E-state index in [1.807, 2.05) is 49.5 Å². The predicted molar refractivity (Wildman–Crippen MR) is 93.7 cm³/mol. The Kier molecular flexibility index (Phi) is 5.51. The number of nitrogens with one attached hydrogen (secondary N) is 1. The van der Waals surface area contributed by atoms with E-state index in [2.05, 4.69) is 20.4 Å². The first-order valence-electron chi connectivity index (χ1n) is 8.26. The van der Waals surface area contributed by atoms with Crippen molar-refractivity contribution in [2.45, 2.75) is 26.2 Å². The second-order valence-corrected chi connectivity index (χ2v) is 5.82. The van der Waals surface area contributed by atoms with Gasteiger partial charge in [-0.1, -0.05) is 35.5 Å². The Hall–Kier alpha value is -3.02. The fourth-order valence-electron chi connectivity index (χ4n) is 2.53. The molecule has 0 bridgehead atoms. The van der Waals surface area contributed by atoms with Gasteiger partial charge in [-0.2, -0.15) is 4.98 Å². The lowest BCUT2D eigenvalue weighted by Crippen LogP contribution is -2.26. The standard InChI is InChI=1S/C19H20N4O2/c1-14-6-2-3-9-16(14)19-22-18(25-23-19)12-17(24)21-11-5-8-15-7-4-10-20-13-15/h2-4,6-7,9-10,13H,5,8,11-12H2,1H3,(H,21,24). The minimum Gasteiger partial charge on any atom is -0.356 e. The molecule has 0 fully saturated rings. The van der Waals surface area contributed by atoms with Crippen LogP contribution in [0, 0.1) is 6.92 Å². The number of hydrogen-bond donors (Lipinski definition) is 1. The van der Waals surface area contributed by atoms with Crippen molar-refractivity contribution in [3.8, 4) is 11.4 Å². The van der Waals surface area contributed by atoms with E-state index in [0.29, 0.717) is 18.3 Å². The van der Waals surface area contributed by atoms with Crippen LogP contribution in [-0.2, 0) is 17.6 Å². The van der Waals surface area contributed by atoms with Gasteiger partial charge >= 0.3 is 0 Å². The maximum Gasteiger partial charge on any atom is 0.236 e. The molecule has 128 valence electrons. The molecule has 2 heterocycles. The average Bonchev–Trinajstić information content (AvgIpc) is 3.08. The lowest BCUT2D eigenvalue weighted by atomic mass is 10.1. The molecular formula is C19H20N4O2. The number of pyridine rings is 1. The molecule has 6 heteroatoms. The molecule has 6 nitrogen and oxygen atoms in total. The van der Waals surface area contributed by atoms with Crippen molar-refractivity contribution in [3.63, 3.8) is 0 Å². The first kappa shape index (κ1) is 16.8. The van der Waals surface area contributed by atoms with Crippen LogP contribution < -0.4 is 5.32 Å². The number of amides is 1. The van der Waals surface area contributed by atoms with E-state index in [4.69, 9.17) is 4.52 Å². The highest BCUT2D eigenvalue weighted by Crippen LogP contribution is 2.19. The minimum atomic E-state index is -0.119. The van der Waals surface area contributed by atoms with Crippen molar-refractivity contribution in [3.05, 3.63) is 65.8 Å². The predicted octanol–water partition coefficient (Wildman–Crippen LogP) is 2.73. The number of nitrogens with zero attached hydrogens (tertiary/aromatic N) is 3. The maximum absolute atomic E-state index is 12.0. The van der Waals surface area contributed by atoms with E-state index in [9.17, 15) is 4.79 Å². The van der Waals surface area contributed by atoms with Gasteiger partial charge in [0.1, 0.15) is 6.42 Å². The molecule has 3 aromatic rings. The third-order valence-electron chi connectivity index (χ3n) is 3.85. The Balaban J connectivity index is 1.46. The molecule has 1 amide bonds. The largest absolute Gasteiger partial charge is 0.356 e. The number of aryl methyl sites for hydroxylation is 2. The van der Waals surface area contributed by atoms with Crippen LogP contribution >= 0.6 is 0 Å². The molecule has 1 N–H and O–H groups in total. The van der Waals surface area contributed by atoms with Crippen LogP contribution in [0.5, 0.6) is 0 Å². The Morgan fingerprint density at radius 2 is 2.08 bits per heavy atom. The molecule has 25 heavy (non-hydrogen) atoms. The summed E-state index contributed by atoms with van der Waals surface area (Å²) in [6.45, 7) is 2.59. The maximum atomic E-state index is 12.0. The van der Waals surface area contributed by atoms with Crippen molar-refractivity contribution < 1.29 is 9.32 Å². The van der Waals surface area contributed by atoms with Crippen molar-refractivity contribution in [1.82, 2.24) is 20.4 Å². The van der Waals surface area contributed by atoms with Crippen molar-refractivity contribution in [1.29, 1.82) is 0 Å². The topological polar surface area (TPSA) is 80.9 Å². The number of benzene rings is 1. The van der Waals surface area contributed by atoms with Gasteiger partial charge in [0.15, 0.2) is 0 Å². The Bertz CT molecular complexity index is 830. The lowest BCUT2D eigenvalue weighted by molar-refractivity contribution is -0.120. The highest BCUT2D eigenvalue weighted by Gasteiger charge is 2.13. The van der Waals surface area contributed by atoms with Gasteiger partial charge in [0.25, 0.3) is 0 Å². The number of carbonyl (C=O) groups excluding carboxylic acids is 1. The third kappa shape index (κ3) is 4.73. The molecule has 0 aliphatic carbocycles. The first-order chi connectivity index (χ1) is 12.2. The molecular weight excluding hydrogens is 316 g/mol. The fraction of sp³-hybridized carbons (Fsp3) is 0.263. The number of aromatic nitrogens is 3. The fourth-order valence-corrected chi connectivity index (χ4v) is 2.53. The summed E-state index contributed by atoms with van der Waals surface area (Å²) in [7, 11) is 0. The van der Waals surface area contributed by atoms with Gasteiger partial charge in [-0.3, -0.25) is 9.78 Å². The Morgan fingerprint density at radius 3 is 2.88 bits per heavy atom. The molecule has 0 radical (unpaired) electrons. The molecule has 2 aromatic heterocycles. The van der Waals surface area contributed by atoms with Gasteiger partial charge in [-0.05, 0) is 37.0 Å². The molecule has 0 aliphatic rings. The summed E-state index contributed by atoms with van der Waals surface area (Å²) >= 11 is 0. The Morgan fingerprint density at radius 1 is 1.20 bits per heavy atom. The monoisotopic (exact) mass is 336 g/mol. The molecule has 1 aromatic carbocycles. The third-order valence-corrected chi connectivity index (χ3v) is 3.85. The number of hydrogen-bond acceptors (Lipinski definition) is 5. The zero-order chi connectivity index (χ0) is 17.5. The second kappa shape index (κ2) is 8.19. The zero-order valence-corrected chi connectivity index (χ0v) is 14.1. The summed E-state index contributed by atoms with van der Waals surface area (Å²) in [6.07, 6.45) is 5.42. The van der Waals surface area contributed by atoms with E-state index in [0.717, 1.165) is 29.5 Å². The molecule has 0 aliphatic heterocycles. The summed E-state index contributed by atoms with van der Waals surface area (Å²) in [5, 5.41) is 6.84. The quantitative estimate of drug-likeness (QED) is 0.671. The normalized spacial score (nSPS) is 10.6. The lowest BCUT2D eigenvalue weighted by Gasteiger charge is -2.03. The molecule has 0 atom stereocenters. The van der Waals surface area contributed by atoms with Crippen molar-refractivity contribution in [2.75, 3.05) is 6.54 Å². The van der Waals surface area contributed by atoms with Gasteiger partial charge < -0.3 is 9.84 Å². The van der Waals surface area contributed by atoms with Crippen LogP contribution in [0.15, 0.2) is 53.3 Å². The summed E-state index contributed by atoms with van der Waals surface area (Å²) < 4.78 is 5.19. The van der Waals surface area contributed by atoms with Crippen LogP contribution in [0.1, 0.15) is 23.4 Å². The average molecular weight is 336 g/mol. The van der Waals surface area contributed by atoms with Gasteiger partial charge in [0.05, 0.1) is 0 Å². The highest BCUT2D eigenvalue weighted by atomic mass is 16.5. The molecule has 0 saturated heterocycles. The van der Waals surface area contributed by atoms with E-state index >= 15 is 0 Å². The second-order valence-electron chi connectivity index (χ2n) is 5.82. The first-order valence-corrected chi connectivity index (χ1v) is 8.26. The smallest absolute Gasteiger partial charge is 0.236 e. The van der Waals surface area contributed by atoms with Crippen LogP contribution in [0.3, 0.4) is 0 Å². The summed E-state index contributed by atoms with van der Waals surface area (Å²) in [5.74, 6) is 0.715. The van der Waals surface area contributed by atoms with Gasteiger partial charge in [-0.25, -0.2) is 0 Å². The Labute approximate surface area is 146 Å².